The average molecular weight is 471 g/mol. The van der Waals surface area contributed by atoms with Crippen LogP contribution in [0.4, 0.5) is 13.2 Å². The fourth-order valence-corrected chi connectivity index (χ4v) is 3.67. The number of halogens is 3. The average Bonchev–Trinajstić information content (AvgIpc) is 3.58. The van der Waals surface area contributed by atoms with E-state index in [4.69, 9.17) is 0 Å². The molecule has 0 unspecified atom stereocenters. The van der Waals surface area contributed by atoms with Gasteiger partial charge in [-0.2, -0.15) is 13.2 Å². The highest BCUT2D eigenvalue weighted by Crippen LogP contribution is 2.41. The van der Waals surface area contributed by atoms with E-state index in [1.54, 1.807) is 13.0 Å². The second-order valence-corrected chi connectivity index (χ2v) is 8.40. The number of carbonyl (C=O) groups excluding carboxylic acids is 1. The second kappa shape index (κ2) is 8.28. The van der Waals surface area contributed by atoms with Crippen molar-refractivity contribution in [3.05, 3.63) is 53.6 Å². The molecule has 0 radical (unpaired) electrons. The van der Waals surface area contributed by atoms with Crippen LogP contribution < -0.4 is 0 Å². The van der Waals surface area contributed by atoms with E-state index in [0.717, 1.165) is 18.9 Å². The molecule has 2 fully saturated rings. The summed E-state index contributed by atoms with van der Waals surface area (Å²) in [5, 5.41) is 13.9. The van der Waals surface area contributed by atoms with E-state index in [1.807, 2.05) is 0 Å². The number of pyridine rings is 1. The minimum absolute atomic E-state index is 0.0123. The number of nitrogens with zero attached hydrogens (tertiary/aromatic N) is 7. The first kappa shape index (κ1) is 22.1. The number of amides is 1. The molecule has 9 nitrogen and oxygen atoms in total. The van der Waals surface area contributed by atoms with Gasteiger partial charge in [0.25, 0.3) is 5.91 Å². The molecule has 1 amide bonds. The standard InChI is InChI=1S/C22H20F3N7O2/c1-12-28-20(14-4-18(13-2-3-13)29-19(5-14)22(23,24)25)30-32(12)10-17(15-6-26-11-27-7-15)21(34)31-8-16(33)9-31/h4-7,10-11,13,16,33H,2-3,8-9H2,1H3/b17-10+. The largest absolute Gasteiger partial charge is 0.433 e. The van der Waals surface area contributed by atoms with Crippen molar-refractivity contribution >= 4 is 17.7 Å². The van der Waals surface area contributed by atoms with E-state index in [2.05, 4.69) is 25.0 Å². The van der Waals surface area contributed by atoms with Crippen LogP contribution in [0.5, 0.6) is 0 Å². The van der Waals surface area contributed by atoms with Gasteiger partial charge in [-0.3, -0.25) is 4.79 Å². The lowest BCUT2D eigenvalue weighted by Crippen LogP contribution is -2.53. The highest BCUT2D eigenvalue weighted by molar-refractivity contribution is 6.23. The van der Waals surface area contributed by atoms with Crippen molar-refractivity contribution in [3.63, 3.8) is 0 Å². The minimum Gasteiger partial charge on any atom is -0.389 e. The molecule has 1 saturated heterocycles. The van der Waals surface area contributed by atoms with Crippen LogP contribution in [-0.4, -0.2) is 64.8 Å². The quantitative estimate of drug-likeness (QED) is 0.570. The van der Waals surface area contributed by atoms with Crippen molar-refractivity contribution in [2.45, 2.75) is 38.0 Å². The third-order valence-electron chi connectivity index (χ3n) is 5.69. The van der Waals surface area contributed by atoms with Gasteiger partial charge < -0.3 is 10.0 Å². The van der Waals surface area contributed by atoms with Gasteiger partial charge in [0.2, 0.25) is 0 Å². The van der Waals surface area contributed by atoms with Crippen molar-refractivity contribution in [2.75, 3.05) is 13.1 Å². The molecule has 1 N–H and O–H groups in total. The number of likely N-dealkylation sites (tertiary alicyclic amines) is 1. The van der Waals surface area contributed by atoms with Crippen molar-refractivity contribution in [3.8, 4) is 11.4 Å². The van der Waals surface area contributed by atoms with Crippen molar-refractivity contribution in [2.24, 2.45) is 0 Å². The molecule has 34 heavy (non-hydrogen) atoms. The molecule has 3 aromatic heterocycles. The maximum Gasteiger partial charge on any atom is 0.433 e. The maximum atomic E-state index is 13.4. The monoisotopic (exact) mass is 471 g/mol. The van der Waals surface area contributed by atoms with E-state index >= 15 is 0 Å². The first-order valence-corrected chi connectivity index (χ1v) is 10.7. The minimum atomic E-state index is -4.59. The summed E-state index contributed by atoms with van der Waals surface area (Å²) in [5.74, 6) is 0.132. The van der Waals surface area contributed by atoms with Crippen molar-refractivity contribution in [1.29, 1.82) is 0 Å². The van der Waals surface area contributed by atoms with Gasteiger partial charge >= 0.3 is 6.18 Å². The first-order valence-electron chi connectivity index (χ1n) is 10.7. The van der Waals surface area contributed by atoms with Crippen LogP contribution in [0, 0.1) is 6.92 Å². The molecular weight excluding hydrogens is 451 g/mol. The van der Waals surface area contributed by atoms with Crippen LogP contribution in [0.15, 0.2) is 30.9 Å². The Morgan fingerprint density at radius 2 is 1.85 bits per heavy atom. The third-order valence-corrected chi connectivity index (χ3v) is 5.69. The predicted molar refractivity (Wildman–Crippen MR) is 114 cm³/mol. The van der Waals surface area contributed by atoms with Crippen molar-refractivity contribution < 1.29 is 23.1 Å². The molecule has 1 aliphatic heterocycles. The van der Waals surface area contributed by atoms with E-state index in [9.17, 15) is 23.1 Å². The zero-order valence-corrected chi connectivity index (χ0v) is 18.1. The number of aliphatic hydroxyl groups excluding tert-OH is 1. The molecule has 3 aromatic rings. The topological polar surface area (TPSA) is 110 Å². The van der Waals surface area contributed by atoms with Crippen LogP contribution in [-0.2, 0) is 11.0 Å². The Labute approximate surface area is 192 Å². The molecule has 2 aliphatic rings. The fraction of sp³-hybridized carbons (Fsp3) is 0.364. The van der Waals surface area contributed by atoms with Crippen molar-refractivity contribution in [1.82, 2.24) is 34.6 Å². The van der Waals surface area contributed by atoms with Gasteiger partial charge in [0.1, 0.15) is 17.8 Å². The van der Waals surface area contributed by atoms with E-state index in [-0.39, 0.29) is 41.9 Å². The van der Waals surface area contributed by atoms with Gasteiger partial charge in [-0.1, -0.05) is 0 Å². The van der Waals surface area contributed by atoms with E-state index in [0.29, 0.717) is 17.1 Å². The Hall–Kier alpha value is -3.67. The Morgan fingerprint density at radius 1 is 1.15 bits per heavy atom. The smallest absolute Gasteiger partial charge is 0.389 e. The molecule has 5 rings (SSSR count). The van der Waals surface area contributed by atoms with Gasteiger partial charge in [-0.15, -0.1) is 5.10 Å². The molecule has 0 atom stereocenters. The van der Waals surface area contributed by atoms with Gasteiger partial charge in [0.15, 0.2) is 5.82 Å². The van der Waals surface area contributed by atoms with Gasteiger partial charge in [-0.25, -0.2) is 24.6 Å². The summed E-state index contributed by atoms with van der Waals surface area (Å²) in [7, 11) is 0. The number of hydrogen-bond donors (Lipinski definition) is 1. The molecule has 1 saturated carbocycles. The lowest BCUT2D eigenvalue weighted by Gasteiger charge is -2.36. The highest BCUT2D eigenvalue weighted by Gasteiger charge is 2.36. The summed E-state index contributed by atoms with van der Waals surface area (Å²) >= 11 is 0. The van der Waals surface area contributed by atoms with Crippen LogP contribution in [0.25, 0.3) is 23.2 Å². The number of rotatable bonds is 5. The Kier molecular flexibility index (Phi) is 5.39. The Bertz CT molecular complexity index is 1260. The number of aliphatic hydroxyl groups is 1. The Morgan fingerprint density at radius 3 is 2.47 bits per heavy atom. The zero-order valence-electron chi connectivity index (χ0n) is 18.1. The van der Waals surface area contributed by atoms with Gasteiger partial charge in [0, 0.05) is 54.4 Å². The van der Waals surface area contributed by atoms with E-state index in [1.165, 1.54) is 34.5 Å². The molecule has 4 heterocycles. The predicted octanol–water partition coefficient (Wildman–Crippen LogP) is 2.54. The maximum absolute atomic E-state index is 13.4. The second-order valence-electron chi connectivity index (χ2n) is 8.40. The first-order chi connectivity index (χ1) is 16.2. The number of carbonyl (C=O) groups is 1. The molecule has 176 valence electrons. The normalized spacial score (nSPS) is 17.1. The van der Waals surface area contributed by atoms with E-state index < -0.39 is 18.0 Å². The number of hydrogen-bond acceptors (Lipinski definition) is 7. The Balaban J connectivity index is 1.55. The van der Waals surface area contributed by atoms with Crippen LogP contribution in [0.2, 0.25) is 0 Å². The van der Waals surface area contributed by atoms with Crippen LogP contribution in [0.3, 0.4) is 0 Å². The highest BCUT2D eigenvalue weighted by atomic mass is 19.4. The molecule has 0 aromatic carbocycles. The molecular formula is C22H20F3N7O2. The fourth-order valence-electron chi connectivity index (χ4n) is 3.67. The van der Waals surface area contributed by atoms with Crippen LogP contribution in [0.1, 0.15) is 41.5 Å². The number of β-amino-alcohol motifs (C(OH)–C–C–N with tert-alkyl or cyclic N) is 1. The number of aryl methyl sites for hydroxylation is 1. The molecule has 0 spiro atoms. The SMILES string of the molecule is Cc1nc(-c2cc(C3CC3)nc(C(F)(F)F)c2)nn1/C=C(/C(=O)N1CC(O)C1)c1cncnc1. The summed E-state index contributed by atoms with van der Waals surface area (Å²) in [6.07, 6.45) is 2.15. The van der Waals surface area contributed by atoms with Gasteiger partial charge in [-0.05, 0) is 31.9 Å². The zero-order chi connectivity index (χ0) is 24.0. The van der Waals surface area contributed by atoms with Gasteiger partial charge in [0.05, 0.1) is 11.7 Å². The number of aromatic nitrogens is 6. The molecule has 0 bridgehead atoms. The summed E-state index contributed by atoms with van der Waals surface area (Å²) in [5.41, 5.74) is 0.260. The third kappa shape index (κ3) is 4.40. The summed E-state index contributed by atoms with van der Waals surface area (Å²) in [6.45, 7) is 2.04. The summed E-state index contributed by atoms with van der Waals surface area (Å²) in [6, 6.07) is 2.53. The van der Waals surface area contributed by atoms with Crippen LogP contribution >= 0.6 is 0 Å². The number of alkyl halides is 3. The lowest BCUT2D eigenvalue weighted by atomic mass is 10.1. The lowest BCUT2D eigenvalue weighted by molar-refractivity contribution is -0.141. The summed E-state index contributed by atoms with van der Waals surface area (Å²) < 4.78 is 41.6. The molecule has 12 heteroatoms. The molecule has 1 aliphatic carbocycles. The summed E-state index contributed by atoms with van der Waals surface area (Å²) in [4.78, 5) is 30.6.